The van der Waals surface area contributed by atoms with Crippen molar-refractivity contribution in [1.82, 2.24) is 0 Å². The van der Waals surface area contributed by atoms with Gasteiger partial charge in [-0.05, 0) is 41.9 Å². The zero-order valence-electron chi connectivity index (χ0n) is 16.6. The molecule has 0 heterocycles. The molecule has 3 nitrogen and oxygen atoms in total. The Balaban J connectivity index is 0.00000105. The number of aliphatic imine (C=N–C) groups is 1. The summed E-state index contributed by atoms with van der Waals surface area (Å²) in [7, 11) is 13.4. The summed E-state index contributed by atoms with van der Waals surface area (Å²) in [6, 6.07) is 4.14. The van der Waals surface area contributed by atoms with Crippen LogP contribution in [0.25, 0.3) is 5.32 Å². The molecule has 6 heteroatoms. The van der Waals surface area contributed by atoms with E-state index >= 15 is 0 Å². The number of rotatable bonds is 5. The molecule has 0 atom stereocenters. The van der Waals surface area contributed by atoms with Gasteiger partial charge in [0.2, 0.25) is 0 Å². The fraction of sp³-hybridized carbons (Fsp3) is 0.650. The quantitative estimate of drug-likeness (QED) is 0.421. The summed E-state index contributed by atoms with van der Waals surface area (Å²) in [5.74, 6) is 1.64. The van der Waals surface area contributed by atoms with Crippen molar-refractivity contribution in [3.63, 3.8) is 0 Å². The van der Waals surface area contributed by atoms with E-state index in [2.05, 4.69) is 32.2 Å². The van der Waals surface area contributed by atoms with E-state index < -0.39 is 20.8 Å². The fourth-order valence-corrected chi connectivity index (χ4v) is 3.34. The predicted octanol–water partition coefficient (Wildman–Crippen LogP) is 7.00. The zero-order valence-corrected chi connectivity index (χ0v) is 20.6. The summed E-state index contributed by atoms with van der Waals surface area (Å²) in [6.07, 6.45) is 8.77. The Labute approximate surface area is 178 Å². The van der Waals surface area contributed by atoms with Gasteiger partial charge in [-0.1, -0.05) is 45.6 Å². The third-order valence-electron chi connectivity index (χ3n) is 4.70. The first-order valence-corrected chi connectivity index (χ1v) is 15.5. The second-order valence-electron chi connectivity index (χ2n) is 7.66. The Morgan fingerprint density at radius 3 is 2.35 bits per heavy atom. The van der Waals surface area contributed by atoms with Gasteiger partial charge in [-0.25, -0.2) is 0 Å². The Morgan fingerprint density at radius 2 is 1.85 bits per heavy atom. The summed E-state index contributed by atoms with van der Waals surface area (Å²) < 4.78 is 5.48. The second-order valence-corrected chi connectivity index (χ2v) is 11.4. The molecule has 1 aliphatic rings. The van der Waals surface area contributed by atoms with Crippen LogP contribution in [-0.2, 0) is 26.3 Å². The second kappa shape index (κ2) is 12.4. The number of benzene rings is 1. The molecule has 146 valence electrons. The van der Waals surface area contributed by atoms with E-state index in [1.165, 1.54) is 37.7 Å². The number of methoxy groups -OCH3 is 1. The standard InChI is InChI=1S/C20H31N2O.2ClH.Zr/c1-20(2,3)18-12-17(23-5)11-16(19(18)21-4)14-22-13-15-9-7-6-8-10-15;;;/h11-12,14-15H,6-10,13H2,1-5H3;2*1H;/q-1;;;+2/p-2. The van der Waals surface area contributed by atoms with E-state index in [9.17, 15) is 0 Å². The van der Waals surface area contributed by atoms with Crippen molar-refractivity contribution in [1.29, 1.82) is 0 Å². The molecule has 2 rings (SSSR count). The van der Waals surface area contributed by atoms with Gasteiger partial charge in [0.05, 0.1) is 7.11 Å². The average Bonchev–Trinajstić information content (AvgIpc) is 2.61. The molecule has 0 bridgehead atoms. The summed E-state index contributed by atoms with van der Waals surface area (Å²) in [4.78, 5) is 4.73. The van der Waals surface area contributed by atoms with Gasteiger partial charge in [0.1, 0.15) is 5.75 Å². The summed E-state index contributed by atoms with van der Waals surface area (Å²) >= 11 is -0.826. The van der Waals surface area contributed by atoms with Crippen molar-refractivity contribution in [2.75, 3.05) is 20.7 Å². The van der Waals surface area contributed by atoms with E-state index in [1.54, 1.807) is 7.11 Å². The first kappa shape index (κ1) is 24.0. The average molecular weight is 478 g/mol. The molecule has 0 amide bonds. The Hall–Kier alpha value is -0.0469. The van der Waals surface area contributed by atoms with Gasteiger partial charge >= 0.3 is 37.9 Å². The van der Waals surface area contributed by atoms with Crippen molar-refractivity contribution in [3.05, 3.63) is 28.6 Å². The summed E-state index contributed by atoms with van der Waals surface area (Å²) in [5.41, 5.74) is 3.33. The van der Waals surface area contributed by atoms with Crippen molar-refractivity contribution >= 4 is 28.9 Å². The van der Waals surface area contributed by atoms with Gasteiger partial charge in [0.15, 0.2) is 0 Å². The van der Waals surface area contributed by atoms with Crippen LogP contribution in [0.1, 0.15) is 64.0 Å². The van der Waals surface area contributed by atoms with E-state index in [4.69, 9.17) is 26.8 Å². The Morgan fingerprint density at radius 1 is 1.23 bits per heavy atom. The first-order valence-electron chi connectivity index (χ1n) is 9.15. The van der Waals surface area contributed by atoms with Crippen LogP contribution in [0.3, 0.4) is 0 Å². The predicted molar refractivity (Wildman–Crippen MR) is 111 cm³/mol. The molecule has 0 radical (unpaired) electrons. The third-order valence-corrected chi connectivity index (χ3v) is 4.70. The van der Waals surface area contributed by atoms with Crippen LogP contribution < -0.4 is 4.74 Å². The van der Waals surface area contributed by atoms with Crippen molar-refractivity contribution in [3.8, 4) is 5.75 Å². The molecule has 1 aromatic rings. The van der Waals surface area contributed by atoms with Crippen molar-refractivity contribution in [2.24, 2.45) is 10.9 Å². The molecular weight excluding hydrogens is 446 g/mol. The topological polar surface area (TPSA) is 35.7 Å². The molecule has 0 saturated heterocycles. The van der Waals surface area contributed by atoms with E-state index in [1.807, 2.05) is 19.3 Å². The van der Waals surface area contributed by atoms with Crippen molar-refractivity contribution in [2.45, 2.75) is 58.3 Å². The molecule has 1 fully saturated rings. The SMILES string of the molecule is C[N-]c1c(C=NCC2CCCCC2)cc(OC)cc1C(C)(C)C.[Cl][Zr][Cl]. The van der Waals surface area contributed by atoms with Gasteiger partial charge < -0.3 is 10.1 Å². The molecule has 0 spiro atoms. The molecule has 0 N–H and O–H groups in total. The van der Waals surface area contributed by atoms with Gasteiger partial charge in [-0.3, -0.25) is 4.99 Å². The summed E-state index contributed by atoms with van der Waals surface area (Å²) in [6.45, 7) is 7.56. The Bertz CT molecular complexity index is 568. The van der Waals surface area contributed by atoms with Gasteiger partial charge in [-0.2, -0.15) is 0 Å². The maximum absolute atomic E-state index is 5.48. The van der Waals surface area contributed by atoms with Crippen LogP contribution in [-0.4, -0.2) is 26.9 Å². The molecule has 0 aromatic heterocycles. The number of nitrogens with zero attached hydrogens (tertiary/aromatic N) is 2. The number of hydrogen-bond acceptors (Lipinski definition) is 2. The zero-order chi connectivity index (χ0) is 19.6. The molecule has 1 saturated carbocycles. The van der Waals surface area contributed by atoms with Crippen LogP contribution in [0, 0.1) is 5.92 Å². The normalized spacial score (nSPS) is 15.3. The van der Waals surface area contributed by atoms with Crippen LogP contribution in [0.15, 0.2) is 17.1 Å². The van der Waals surface area contributed by atoms with Gasteiger partial charge in [-0.15, -0.1) is 12.7 Å². The van der Waals surface area contributed by atoms with E-state index in [0.717, 1.165) is 29.5 Å². The first-order chi connectivity index (χ1) is 12.4. The minimum atomic E-state index is -0.826. The number of ether oxygens (including phenoxy) is 1. The van der Waals surface area contributed by atoms with Crippen LogP contribution >= 0.6 is 17.0 Å². The minimum absolute atomic E-state index is 0.0232. The van der Waals surface area contributed by atoms with E-state index in [0.29, 0.717) is 0 Å². The molecule has 0 aliphatic heterocycles. The molecule has 1 aromatic carbocycles. The molecule has 1 aliphatic carbocycles. The molecular formula is C20H31Cl2N2OZr-. The van der Waals surface area contributed by atoms with Crippen LogP contribution in [0.4, 0.5) is 5.69 Å². The van der Waals surface area contributed by atoms with Crippen LogP contribution in [0.5, 0.6) is 5.75 Å². The number of hydrogen-bond donors (Lipinski definition) is 0. The van der Waals surface area contributed by atoms with Crippen LogP contribution in [0.2, 0.25) is 0 Å². The van der Waals surface area contributed by atoms with E-state index in [-0.39, 0.29) is 5.41 Å². The maximum atomic E-state index is 5.48. The van der Waals surface area contributed by atoms with Gasteiger partial charge in [0, 0.05) is 12.8 Å². The number of halogens is 2. The molecule has 26 heavy (non-hydrogen) atoms. The Kier molecular flexibility index (Phi) is 11.5. The van der Waals surface area contributed by atoms with Crippen molar-refractivity contribution < 1.29 is 25.6 Å². The third kappa shape index (κ3) is 7.91. The fourth-order valence-electron chi connectivity index (χ4n) is 3.34. The summed E-state index contributed by atoms with van der Waals surface area (Å²) in [5, 5.41) is 4.53. The van der Waals surface area contributed by atoms with Gasteiger partial charge in [0.25, 0.3) is 0 Å². The monoisotopic (exact) mass is 475 g/mol. The molecule has 0 unspecified atom stereocenters.